The first-order valence-electron chi connectivity index (χ1n) is 7.61. The molecular formula is C18H26S. The fourth-order valence-corrected chi connectivity index (χ4v) is 6.18. The molecule has 1 fully saturated rings. The molecule has 2 aliphatic rings. The highest BCUT2D eigenvalue weighted by Crippen LogP contribution is 2.59. The number of benzene rings is 1. The summed E-state index contributed by atoms with van der Waals surface area (Å²) in [6, 6.07) is 9.20. The van der Waals surface area contributed by atoms with Crippen LogP contribution in [0, 0.1) is 11.3 Å². The largest absolute Gasteiger partial charge is 0.161 e. The Bertz CT molecular complexity index is 476. The molecule has 0 spiro atoms. The number of hydrogen-bond acceptors (Lipinski definition) is 1. The van der Waals surface area contributed by atoms with Crippen molar-refractivity contribution in [1.29, 1.82) is 0 Å². The third kappa shape index (κ3) is 1.88. The fraction of sp³-hybridized carbons (Fsp3) is 0.667. The summed E-state index contributed by atoms with van der Waals surface area (Å²) in [5.74, 6) is 0.834. The van der Waals surface area contributed by atoms with E-state index in [1.807, 2.05) is 0 Å². The number of aryl methyl sites for hydroxylation is 1. The van der Waals surface area contributed by atoms with Crippen molar-refractivity contribution in [2.45, 2.75) is 57.1 Å². The van der Waals surface area contributed by atoms with Gasteiger partial charge in [-0.1, -0.05) is 45.0 Å². The zero-order valence-corrected chi connectivity index (χ0v) is 13.5. The Morgan fingerprint density at radius 1 is 1.11 bits per heavy atom. The van der Waals surface area contributed by atoms with Crippen molar-refractivity contribution in [1.82, 2.24) is 0 Å². The highest BCUT2D eigenvalue weighted by Gasteiger charge is 2.53. The van der Waals surface area contributed by atoms with E-state index in [2.05, 4.69) is 63.1 Å². The average Bonchev–Trinajstić information content (AvgIpc) is 2.38. The van der Waals surface area contributed by atoms with Crippen molar-refractivity contribution in [3.05, 3.63) is 35.4 Å². The van der Waals surface area contributed by atoms with Gasteiger partial charge < -0.3 is 0 Å². The zero-order valence-electron chi connectivity index (χ0n) is 12.7. The summed E-state index contributed by atoms with van der Waals surface area (Å²) in [6.45, 7) is 7.57. The van der Waals surface area contributed by atoms with Gasteiger partial charge in [-0.15, -0.1) is 0 Å². The third-order valence-electron chi connectivity index (χ3n) is 6.04. The lowest BCUT2D eigenvalue weighted by Gasteiger charge is -2.57. The lowest BCUT2D eigenvalue weighted by molar-refractivity contribution is 0.0473. The summed E-state index contributed by atoms with van der Waals surface area (Å²) in [7, 11) is 0. The van der Waals surface area contributed by atoms with Gasteiger partial charge in [0.1, 0.15) is 0 Å². The molecule has 3 atom stereocenters. The Hall–Kier alpha value is -0.430. The van der Waals surface area contributed by atoms with Gasteiger partial charge >= 0.3 is 0 Å². The molecule has 1 aromatic carbocycles. The summed E-state index contributed by atoms with van der Waals surface area (Å²) in [4.78, 5) is 0. The van der Waals surface area contributed by atoms with Crippen molar-refractivity contribution in [2.24, 2.45) is 11.3 Å². The Morgan fingerprint density at radius 3 is 2.58 bits per heavy atom. The second-order valence-corrected chi connectivity index (χ2v) is 8.29. The highest BCUT2D eigenvalue weighted by atomic mass is 32.2. The van der Waals surface area contributed by atoms with E-state index in [1.165, 1.54) is 25.7 Å². The normalized spacial score (nSPS) is 36.4. The average molecular weight is 274 g/mol. The molecule has 2 aliphatic carbocycles. The molecule has 0 amide bonds. The van der Waals surface area contributed by atoms with E-state index in [-0.39, 0.29) is 0 Å². The van der Waals surface area contributed by atoms with E-state index in [9.17, 15) is 0 Å². The van der Waals surface area contributed by atoms with Crippen molar-refractivity contribution in [2.75, 3.05) is 6.26 Å². The Balaban J connectivity index is 2.06. The summed E-state index contributed by atoms with van der Waals surface area (Å²) >= 11 is 2.09. The van der Waals surface area contributed by atoms with Crippen LogP contribution in [0.3, 0.4) is 0 Å². The van der Waals surface area contributed by atoms with Gasteiger partial charge in [0.2, 0.25) is 0 Å². The maximum Gasteiger partial charge on any atom is 0.00987 e. The second-order valence-electron chi connectivity index (χ2n) is 7.25. The van der Waals surface area contributed by atoms with Crippen LogP contribution in [0.5, 0.6) is 0 Å². The van der Waals surface area contributed by atoms with Crippen LogP contribution in [0.2, 0.25) is 0 Å². The summed E-state index contributed by atoms with van der Waals surface area (Å²) in [5, 5.41) is 0.829. The number of hydrogen-bond donors (Lipinski definition) is 0. The molecule has 0 aromatic heterocycles. The molecule has 0 radical (unpaired) electrons. The molecular weight excluding hydrogens is 248 g/mol. The van der Waals surface area contributed by atoms with Crippen LogP contribution in [-0.2, 0) is 11.8 Å². The molecule has 0 unspecified atom stereocenters. The Labute approximate surface area is 122 Å². The van der Waals surface area contributed by atoms with Crippen LogP contribution >= 0.6 is 11.8 Å². The fourth-order valence-electron chi connectivity index (χ4n) is 5.05. The molecule has 1 saturated carbocycles. The predicted molar refractivity (Wildman–Crippen MR) is 85.9 cm³/mol. The van der Waals surface area contributed by atoms with Crippen LogP contribution in [0.1, 0.15) is 51.2 Å². The van der Waals surface area contributed by atoms with E-state index in [1.54, 1.807) is 11.1 Å². The number of fused-ring (bicyclic) bond motifs is 3. The molecule has 0 heterocycles. The van der Waals surface area contributed by atoms with Gasteiger partial charge in [0, 0.05) is 5.25 Å². The van der Waals surface area contributed by atoms with Crippen molar-refractivity contribution in [3.63, 3.8) is 0 Å². The van der Waals surface area contributed by atoms with Crippen LogP contribution in [-0.4, -0.2) is 11.5 Å². The molecule has 0 bridgehead atoms. The van der Waals surface area contributed by atoms with Crippen LogP contribution < -0.4 is 0 Å². The minimum absolute atomic E-state index is 0.407. The van der Waals surface area contributed by atoms with Gasteiger partial charge in [0.25, 0.3) is 0 Å². The third-order valence-corrected chi connectivity index (χ3v) is 7.45. The van der Waals surface area contributed by atoms with Gasteiger partial charge in [0.05, 0.1) is 0 Å². The van der Waals surface area contributed by atoms with Crippen LogP contribution in [0.15, 0.2) is 24.3 Å². The first-order chi connectivity index (χ1) is 9.00. The molecule has 1 aromatic rings. The summed E-state index contributed by atoms with van der Waals surface area (Å²) in [5.41, 5.74) is 4.13. The smallest absolute Gasteiger partial charge is 0.00987 e. The minimum atomic E-state index is 0.407. The van der Waals surface area contributed by atoms with E-state index in [4.69, 9.17) is 0 Å². The first kappa shape index (κ1) is 13.5. The second kappa shape index (κ2) is 4.55. The number of thioether (sulfide) groups is 1. The van der Waals surface area contributed by atoms with Gasteiger partial charge in [-0.3, -0.25) is 0 Å². The molecule has 3 rings (SSSR count). The quantitative estimate of drug-likeness (QED) is 0.690. The van der Waals surface area contributed by atoms with E-state index >= 15 is 0 Å². The number of rotatable bonds is 1. The van der Waals surface area contributed by atoms with Gasteiger partial charge in [-0.05, 0) is 59.8 Å². The molecule has 0 aliphatic heterocycles. The predicted octanol–water partition coefficient (Wildman–Crippen LogP) is 5.06. The molecule has 19 heavy (non-hydrogen) atoms. The van der Waals surface area contributed by atoms with Crippen LogP contribution in [0.4, 0.5) is 0 Å². The molecule has 0 saturated heterocycles. The Kier molecular flexibility index (Phi) is 3.24. The highest BCUT2D eigenvalue weighted by molar-refractivity contribution is 7.99. The van der Waals surface area contributed by atoms with Crippen molar-refractivity contribution >= 4 is 11.8 Å². The van der Waals surface area contributed by atoms with Gasteiger partial charge in [-0.2, -0.15) is 11.8 Å². The molecule has 0 nitrogen and oxygen atoms in total. The van der Waals surface area contributed by atoms with E-state index < -0.39 is 0 Å². The lowest BCUT2D eigenvalue weighted by Crippen LogP contribution is -2.52. The van der Waals surface area contributed by atoms with Crippen molar-refractivity contribution in [3.8, 4) is 0 Å². The van der Waals surface area contributed by atoms with Gasteiger partial charge in [0.15, 0.2) is 0 Å². The summed E-state index contributed by atoms with van der Waals surface area (Å²) in [6.07, 6.45) is 7.68. The zero-order chi connectivity index (χ0) is 13.7. The monoisotopic (exact) mass is 274 g/mol. The van der Waals surface area contributed by atoms with E-state index in [0.717, 1.165) is 11.2 Å². The maximum absolute atomic E-state index is 2.54. The summed E-state index contributed by atoms with van der Waals surface area (Å²) < 4.78 is 0. The topological polar surface area (TPSA) is 0 Å². The van der Waals surface area contributed by atoms with Gasteiger partial charge in [-0.25, -0.2) is 0 Å². The SMILES string of the molecule is CS[C@H]1CC[C@]2(C)c3ccccc3CC[C@H]2C1(C)C. The maximum atomic E-state index is 2.54. The lowest BCUT2D eigenvalue weighted by atomic mass is 9.50. The minimum Gasteiger partial charge on any atom is -0.161 e. The first-order valence-corrected chi connectivity index (χ1v) is 8.90. The molecule has 0 N–H and O–H groups in total. The van der Waals surface area contributed by atoms with Crippen LogP contribution in [0.25, 0.3) is 0 Å². The Morgan fingerprint density at radius 2 is 1.84 bits per heavy atom. The van der Waals surface area contributed by atoms with E-state index in [0.29, 0.717) is 10.8 Å². The molecule has 1 heteroatoms. The van der Waals surface area contributed by atoms with Crippen molar-refractivity contribution < 1.29 is 0 Å². The standard InChI is InChI=1S/C18H26S/c1-17(2)15-10-9-13-7-5-6-8-14(13)18(15,3)12-11-16(17)19-4/h5-8,15-16H,9-12H2,1-4H3/t15-,16-,18+/m0/s1. The molecule has 104 valence electrons.